The lowest BCUT2D eigenvalue weighted by atomic mass is 10.1. The third-order valence-electron chi connectivity index (χ3n) is 4.10. The maximum Gasteiger partial charge on any atom is 0.276 e. The fourth-order valence-electron chi connectivity index (χ4n) is 2.74. The summed E-state index contributed by atoms with van der Waals surface area (Å²) in [5.41, 5.74) is 1.85. The van der Waals surface area contributed by atoms with Crippen molar-refractivity contribution in [3.63, 3.8) is 0 Å². The van der Waals surface area contributed by atoms with Crippen LogP contribution in [0, 0.1) is 0 Å². The van der Waals surface area contributed by atoms with E-state index in [1.807, 2.05) is 42.5 Å². The minimum absolute atomic E-state index is 0.229. The number of para-hydroxylation sites is 1. The second kappa shape index (κ2) is 8.26. The number of nitrogens with zero attached hydrogens (tertiary/aromatic N) is 2. The summed E-state index contributed by atoms with van der Waals surface area (Å²) in [6, 6.07) is 14.7. The van der Waals surface area contributed by atoms with Crippen LogP contribution in [0.1, 0.15) is 16.1 Å². The first-order valence-electron chi connectivity index (χ1n) is 8.21. The zero-order valence-corrected chi connectivity index (χ0v) is 16.8. The van der Waals surface area contributed by atoms with E-state index in [0.29, 0.717) is 23.8 Å². The molecule has 140 valence electrons. The zero-order chi connectivity index (χ0) is 19.4. The van der Waals surface area contributed by atoms with E-state index >= 15 is 0 Å². The van der Waals surface area contributed by atoms with Crippen LogP contribution in [-0.4, -0.2) is 37.2 Å². The number of ether oxygens (including phenoxy) is 2. The molecule has 1 heterocycles. The number of benzene rings is 2. The van der Waals surface area contributed by atoms with E-state index in [4.69, 9.17) is 14.0 Å². The third kappa shape index (κ3) is 4.14. The summed E-state index contributed by atoms with van der Waals surface area (Å²) >= 11 is 3.44. The van der Waals surface area contributed by atoms with Gasteiger partial charge in [-0.1, -0.05) is 33.2 Å². The van der Waals surface area contributed by atoms with Gasteiger partial charge in [0, 0.05) is 29.7 Å². The van der Waals surface area contributed by atoms with E-state index in [0.717, 1.165) is 15.6 Å². The van der Waals surface area contributed by atoms with Crippen molar-refractivity contribution in [3.05, 3.63) is 64.3 Å². The quantitative estimate of drug-likeness (QED) is 0.579. The highest BCUT2D eigenvalue weighted by Crippen LogP contribution is 2.30. The van der Waals surface area contributed by atoms with Gasteiger partial charge in [-0.05, 0) is 30.3 Å². The van der Waals surface area contributed by atoms with Crippen LogP contribution in [-0.2, 0) is 6.54 Å². The number of carbonyl (C=O) groups is 1. The summed E-state index contributed by atoms with van der Waals surface area (Å²) in [6.07, 6.45) is 0. The van der Waals surface area contributed by atoms with Crippen LogP contribution in [0.3, 0.4) is 0 Å². The number of carbonyl (C=O) groups excluding carboxylic acids is 1. The lowest BCUT2D eigenvalue weighted by Gasteiger charge is -2.17. The smallest absolute Gasteiger partial charge is 0.276 e. The van der Waals surface area contributed by atoms with Gasteiger partial charge in [0.2, 0.25) is 0 Å². The number of amides is 1. The van der Waals surface area contributed by atoms with Crippen LogP contribution < -0.4 is 9.47 Å². The number of hydrogen-bond acceptors (Lipinski definition) is 5. The van der Waals surface area contributed by atoms with Crippen LogP contribution in [0.4, 0.5) is 0 Å². The molecule has 6 nitrogen and oxygen atoms in total. The van der Waals surface area contributed by atoms with E-state index in [1.165, 1.54) is 0 Å². The topological polar surface area (TPSA) is 64.8 Å². The SMILES string of the molecule is COc1ccc(Br)cc1CN(C)C(=O)c1cc(-c2ccccc2OC)on1. The fraction of sp³-hybridized carbons (Fsp3) is 0.200. The second-order valence-corrected chi connectivity index (χ2v) is 6.81. The number of aromatic nitrogens is 1. The van der Waals surface area contributed by atoms with Crippen molar-refractivity contribution in [2.24, 2.45) is 0 Å². The molecule has 0 fully saturated rings. The molecule has 1 aromatic heterocycles. The Kier molecular flexibility index (Phi) is 5.81. The normalized spacial score (nSPS) is 10.5. The van der Waals surface area contributed by atoms with Gasteiger partial charge in [0.25, 0.3) is 5.91 Å². The highest BCUT2D eigenvalue weighted by molar-refractivity contribution is 9.10. The number of rotatable bonds is 6. The van der Waals surface area contributed by atoms with Crippen LogP contribution in [0.25, 0.3) is 11.3 Å². The van der Waals surface area contributed by atoms with Gasteiger partial charge in [0.15, 0.2) is 11.5 Å². The van der Waals surface area contributed by atoms with Gasteiger partial charge >= 0.3 is 0 Å². The number of methoxy groups -OCH3 is 2. The lowest BCUT2D eigenvalue weighted by molar-refractivity contribution is 0.0774. The van der Waals surface area contributed by atoms with Crippen molar-refractivity contribution in [2.75, 3.05) is 21.3 Å². The Morgan fingerprint density at radius 2 is 1.85 bits per heavy atom. The number of halogens is 1. The molecule has 0 spiro atoms. The first-order valence-corrected chi connectivity index (χ1v) is 9.00. The first kappa shape index (κ1) is 19.0. The second-order valence-electron chi connectivity index (χ2n) is 5.89. The molecule has 27 heavy (non-hydrogen) atoms. The molecule has 0 radical (unpaired) electrons. The summed E-state index contributed by atoms with van der Waals surface area (Å²) in [5.74, 6) is 1.60. The summed E-state index contributed by atoms with van der Waals surface area (Å²) in [4.78, 5) is 14.3. The number of hydrogen-bond donors (Lipinski definition) is 0. The molecule has 0 aliphatic heterocycles. The fourth-order valence-corrected chi connectivity index (χ4v) is 3.15. The van der Waals surface area contributed by atoms with Crippen molar-refractivity contribution in [1.82, 2.24) is 10.1 Å². The van der Waals surface area contributed by atoms with Crippen molar-refractivity contribution >= 4 is 21.8 Å². The Morgan fingerprint density at radius 3 is 2.59 bits per heavy atom. The van der Waals surface area contributed by atoms with Crippen LogP contribution in [0.15, 0.2) is 57.5 Å². The van der Waals surface area contributed by atoms with Crippen molar-refractivity contribution in [3.8, 4) is 22.8 Å². The molecule has 0 N–H and O–H groups in total. The maximum atomic E-state index is 12.8. The molecule has 0 saturated carbocycles. The van der Waals surface area contributed by atoms with E-state index in [-0.39, 0.29) is 11.6 Å². The molecular formula is C20H19BrN2O4. The molecule has 2 aromatic carbocycles. The lowest BCUT2D eigenvalue weighted by Crippen LogP contribution is -2.26. The molecule has 1 amide bonds. The molecule has 0 bridgehead atoms. The van der Waals surface area contributed by atoms with Gasteiger partial charge in [0.1, 0.15) is 11.5 Å². The predicted molar refractivity (Wildman–Crippen MR) is 105 cm³/mol. The monoisotopic (exact) mass is 430 g/mol. The summed E-state index contributed by atoms with van der Waals surface area (Å²) in [5, 5.41) is 3.93. The molecule has 0 aliphatic carbocycles. The van der Waals surface area contributed by atoms with E-state index in [9.17, 15) is 4.79 Å². The van der Waals surface area contributed by atoms with E-state index in [1.54, 1.807) is 32.2 Å². The highest BCUT2D eigenvalue weighted by atomic mass is 79.9. The summed E-state index contributed by atoms with van der Waals surface area (Å²) < 4.78 is 17.0. The van der Waals surface area contributed by atoms with Gasteiger partial charge in [0.05, 0.1) is 19.8 Å². The van der Waals surface area contributed by atoms with Gasteiger partial charge in [-0.15, -0.1) is 0 Å². The molecule has 0 unspecified atom stereocenters. The molecule has 3 aromatic rings. The van der Waals surface area contributed by atoms with Crippen molar-refractivity contribution in [1.29, 1.82) is 0 Å². The molecule has 0 atom stereocenters. The van der Waals surface area contributed by atoms with Gasteiger partial charge < -0.3 is 18.9 Å². The van der Waals surface area contributed by atoms with Crippen LogP contribution in [0.2, 0.25) is 0 Å². The van der Waals surface area contributed by atoms with Gasteiger partial charge in [-0.3, -0.25) is 4.79 Å². The Labute approximate surface area is 165 Å². The van der Waals surface area contributed by atoms with Gasteiger partial charge in [-0.25, -0.2) is 0 Å². The Hall–Kier alpha value is -2.80. The largest absolute Gasteiger partial charge is 0.496 e. The molecule has 0 aliphatic rings. The Balaban J connectivity index is 1.81. The van der Waals surface area contributed by atoms with Gasteiger partial charge in [-0.2, -0.15) is 0 Å². The van der Waals surface area contributed by atoms with E-state index in [2.05, 4.69) is 21.1 Å². The van der Waals surface area contributed by atoms with Crippen molar-refractivity contribution < 1.29 is 18.8 Å². The minimum Gasteiger partial charge on any atom is -0.496 e. The van der Waals surface area contributed by atoms with Crippen LogP contribution in [0.5, 0.6) is 11.5 Å². The van der Waals surface area contributed by atoms with E-state index < -0.39 is 0 Å². The summed E-state index contributed by atoms with van der Waals surface area (Å²) in [7, 11) is 4.90. The molecular weight excluding hydrogens is 412 g/mol. The van der Waals surface area contributed by atoms with Crippen LogP contribution >= 0.6 is 15.9 Å². The Bertz CT molecular complexity index is 955. The molecule has 0 saturated heterocycles. The highest BCUT2D eigenvalue weighted by Gasteiger charge is 2.20. The molecule has 3 rings (SSSR count). The predicted octanol–water partition coefficient (Wildman–Crippen LogP) is 4.39. The summed E-state index contributed by atoms with van der Waals surface area (Å²) in [6.45, 7) is 0.373. The average Bonchev–Trinajstić information content (AvgIpc) is 3.17. The maximum absolute atomic E-state index is 12.8. The Morgan fingerprint density at radius 1 is 1.11 bits per heavy atom. The third-order valence-corrected chi connectivity index (χ3v) is 4.59. The zero-order valence-electron chi connectivity index (χ0n) is 15.2. The minimum atomic E-state index is -0.248. The molecule has 7 heteroatoms. The standard InChI is InChI=1S/C20H19BrN2O4/c1-23(12-13-10-14(21)8-9-17(13)25-2)20(24)16-11-19(27-22-16)15-6-4-5-7-18(15)26-3/h4-11H,12H2,1-3H3. The van der Waals surface area contributed by atoms with Crippen molar-refractivity contribution in [2.45, 2.75) is 6.54 Å². The first-order chi connectivity index (χ1) is 13.0. The average molecular weight is 431 g/mol.